The van der Waals surface area contributed by atoms with E-state index in [2.05, 4.69) is 15.9 Å². The lowest BCUT2D eigenvalue weighted by Gasteiger charge is -2.29. The van der Waals surface area contributed by atoms with E-state index in [0.717, 1.165) is 30.4 Å². The van der Waals surface area contributed by atoms with E-state index < -0.39 is 10.0 Å². The van der Waals surface area contributed by atoms with Gasteiger partial charge in [0.1, 0.15) is 0 Å². The number of nitrogens with zero attached hydrogens (tertiary/aromatic N) is 2. The van der Waals surface area contributed by atoms with Crippen molar-refractivity contribution in [2.75, 3.05) is 26.2 Å². The first kappa shape index (κ1) is 16.9. The minimum absolute atomic E-state index is 0.122. The summed E-state index contributed by atoms with van der Waals surface area (Å²) < 4.78 is 27.6. The highest BCUT2D eigenvalue weighted by molar-refractivity contribution is 9.10. The molecule has 0 saturated carbocycles. The minimum Gasteiger partial charge on any atom is -0.342 e. The molecule has 126 valence electrons. The third kappa shape index (κ3) is 3.61. The minimum atomic E-state index is -3.53. The zero-order valence-electron chi connectivity index (χ0n) is 12.9. The number of likely N-dealkylation sites (tertiary alicyclic amines) is 1. The molecular weight excluding hydrogens is 380 g/mol. The van der Waals surface area contributed by atoms with E-state index in [1.165, 1.54) is 10.7 Å². The fraction of sp³-hybridized carbons (Fsp3) is 0.562. The summed E-state index contributed by atoms with van der Waals surface area (Å²) in [4.78, 5) is 14.7. The Hall–Kier alpha value is -0.920. The van der Waals surface area contributed by atoms with Crippen molar-refractivity contribution >= 4 is 31.9 Å². The van der Waals surface area contributed by atoms with Crippen molar-refractivity contribution in [2.45, 2.75) is 30.6 Å². The van der Waals surface area contributed by atoms with Crippen molar-refractivity contribution < 1.29 is 13.2 Å². The maximum Gasteiger partial charge on any atom is 0.243 e. The molecular formula is C16H21BrN2O3S. The number of piperidine rings is 1. The van der Waals surface area contributed by atoms with Gasteiger partial charge in [-0.3, -0.25) is 4.79 Å². The summed E-state index contributed by atoms with van der Waals surface area (Å²) in [5, 5.41) is 0. The number of rotatable bonds is 3. The lowest BCUT2D eigenvalue weighted by molar-refractivity contribution is -0.135. The smallest absolute Gasteiger partial charge is 0.243 e. The summed E-state index contributed by atoms with van der Waals surface area (Å²) in [7, 11) is -3.53. The molecule has 0 radical (unpaired) electrons. The molecule has 0 aliphatic carbocycles. The zero-order chi connectivity index (χ0) is 16.4. The molecule has 5 nitrogen and oxygen atoms in total. The summed E-state index contributed by atoms with van der Waals surface area (Å²) in [5.41, 5.74) is 0. The van der Waals surface area contributed by atoms with Crippen molar-refractivity contribution in [3.05, 3.63) is 28.7 Å². The van der Waals surface area contributed by atoms with E-state index in [9.17, 15) is 13.2 Å². The summed E-state index contributed by atoms with van der Waals surface area (Å²) >= 11 is 3.31. The predicted octanol–water partition coefficient (Wildman–Crippen LogP) is 2.47. The van der Waals surface area contributed by atoms with Crippen LogP contribution < -0.4 is 0 Å². The van der Waals surface area contributed by atoms with Crippen LogP contribution >= 0.6 is 15.9 Å². The van der Waals surface area contributed by atoms with Gasteiger partial charge in [0.15, 0.2) is 0 Å². The standard InChI is InChI=1S/C16H21BrN2O3S/c17-14-5-4-6-15(11-14)23(21,22)19-10-7-13(12-19)16(20)18-8-2-1-3-9-18/h4-6,11,13H,1-3,7-10,12H2. The van der Waals surface area contributed by atoms with E-state index in [-0.39, 0.29) is 16.7 Å². The Morgan fingerprint density at radius 2 is 1.87 bits per heavy atom. The average Bonchev–Trinajstić information content (AvgIpc) is 3.06. The van der Waals surface area contributed by atoms with Gasteiger partial charge in [0.05, 0.1) is 10.8 Å². The van der Waals surface area contributed by atoms with Gasteiger partial charge in [0, 0.05) is 30.7 Å². The number of benzene rings is 1. The normalized spacial score (nSPS) is 23.2. The second kappa shape index (κ2) is 6.91. The van der Waals surface area contributed by atoms with Crippen LogP contribution in [0.15, 0.2) is 33.6 Å². The number of halogens is 1. The first-order valence-electron chi connectivity index (χ1n) is 8.03. The maximum atomic E-state index is 12.7. The fourth-order valence-electron chi connectivity index (χ4n) is 3.30. The van der Waals surface area contributed by atoms with Gasteiger partial charge in [-0.1, -0.05) is 22.0 Å². The fourth-order valence-corrected chi connectivity index (χ4v) is 5.39. The predicted molar refractivity (Wildman–Crippen MR) is 91.4 cm³/mol. The van der Waals surface area contributed by atoms with Crippen molar-refractivity contribution in [3.63, 3.8) is 0 Å². The van der Waals surface area contributed by atoms with Crippen LogP contribution in [0.2, 0.25) is 0 Å². The van der Waals surface area contributed by atoms with Gasteiger partial charge in [-0.05, 0) is 43.9 Å². The van der Waals surface area contributed by atoms with E-state index in [0.29, 0.717) is 19.5 Å². The summed E-state index contributed by atoms with van der Waals surface area (Å²) in [6.45, 7) is 2.34. The quantitative estimate of drug-likeness (QED) is 0.782. The number of sulfonamides is 1. The van der Waals surface area contributed by atoms with Gasteiger partial charge in [0.2, 0.25) is 15.9 Å². The van der Waals surface area contributed by atoms with Gasteiger partial charge < -0.3 is 4.90 Å². The molecule has 2 aliphatic rings. The molecule has 7 heteroatoms. The van der Waals surface area contributed by atoms with E-state index in [1.54, 1.807) is 24.3 Å². The largest absolute Gasteiger partial charge is 0.342 e. The molecule has 2 aliphatic heterocycles. The monoisotopic (exact) mass is 400 g/mol. The van der Waals surface area contributed by atoms with E-state index in [1.807, 2.05) is 4.90 Å². The van der Waals surface area contributed by atoms with Gasteiger partial charge >= 0.3 is 0 Å². The topological polar surface area (TPSA) is 57.7 Å². The van der Waals surface area contributed by atoms with Crippen molar-refractivity contribution in [2.24, 2.45) is 5.92 Å². The highest BCUT2D eigenvalue weighted by atomic mass is 79.9. The molecule has 0 aromatic heterocycles. The Bertz CT molecular complexity index is 686. The molecule has 2 saturated heterocycles. The number of carbonyl (C=O) groups is 1. The van der Waals surface area contributed by atoms with Crippen LogP contribution in [-0.4, -0.2) is 49.7 Å². The van der Waals surface area contributed by atoms with Crippen molar-refractivity contribution in [3.8, 4) is 0 Å². The molecule has 1 amide bonds. The Kier molecular flexibility index (Phi) is 5.08. The Balaban J connectivity index is 1.70. The molecule has 1 aromatic rings. The van der Waals surface area contributed by atoms with Crippen molar-refractivity contribution in [1.82, 2.24) is 9.21 Å². The maximum absolute atomic E-state index is 12.7. The molecule has 0 bridgehead atoms. The number of hydrogen-bond donors (Lipinski definition) is 0. The zero-order valence-corrected chi connectivity index (χ0v) is 15.4. The van der Waals surface area contributed by atoms with Crippen LogP contribution in [0, 0.1) is 5.92 Å². The average molecular weight is 401 g/mol. The lowest BCUT2D eigenvalue weighted by atomic mass is 10.0. The highest BCUT2D eigenvalue weighted by Gasteiger charge is 2.37. The van der Waals surface area contributed by atoms with E-state index in [4.69, 9.17) is 0 Å². The molecule has 1 unspecified atom stereocenters. The Morgan fingerprint density at radius 1 is 1.13 bits per heavy atom. The van der Waals surface area contributed by atoms with Gasteiger partial charge in [-0.15, -0.1) is 0 Å². The van der Waals surface area contributed by atoms with Crippen LogP contribution in [0.3, 0.4) is 0 Å². The third-order valence-electron chi connectivity index (χ3n) is 4.60. The number of amides is 1. The third-order valence-corrected chi connectivity index (χ3v) is 6.96. The molecule has 2 heterocycles. The summed E-state index contributed by atoms with van der Waals surface area (Å²) in [5.74, 6) is -0.0772. The number of hydrogen-bond acceptors (Lipinski definition) is 3. The first-order valence-corrected chi connectivity index (χ1v) is 10.3. The first-order chi connectivity index (χ1) is 11.0. The highest BCUT2D eigenvalue weighted by Crippen LogP contribution is 2.27. The van der Waals surface area contributed by atoms with Gasteiger partial charge in [0.25, 0.3) is 0 Å². The van der Waals surface area contributed by atoms with Crippen LogP contribution in [-0.2, 0) is 14.8 Å². The molecule has 1 aromatic carbocycles. The lowest BCUT2D eigenvalue weighted by Crippen LogP contribution is -2.41. The molecule has 3 rings (SSSR count). The molecule has 0 N–H and O–H groups in total. The van der Waals surface area contributed by atoms with E-state index >= 15 is 0 Å². The molecule has 23 heavy (non-hydrogen) atoms. The molecule has 2 fully saturated rings. The van der Waals surface area contributed by atoms with Crippen LogP contribution in [0.1, 0.15) is 25.7 Å². The molecule has 1 atom stereocenters. The molecule has 0 spiro atoms. The Labute approximate surface area is 145 Å². The van der Waals surface area contributed by atoms with Gasteiger partial charge in [-0.2, -0.15) is 4.31 Å². The van der Waals surface area contributed by atoms with Crippen LogP contribution in [0.5, 0.6) is 0 Å². The van der Waals surface area contributed by atoms with Gasteiger partial charge in [-0.25, -0.2) is 8.42 Å². The summed E-state index contributed by atoms with van der Waals surface area (Å²) in [6.07, 6.45) is 3.90. The second-order valence-electron chi connectivity index (χ2n) is 6.19. The van der Waals surface area contributed by atoms with Crippen LogP contribution in [0.25, 0.3) is 0 Å². The number of carbonyl (C=O) groups excluding carboxylic acids is 1. The second-order valence-corrected chi connectivity index (χ2v) is 9.05. The van der Waals surface area contributed by atoms with Crippen LogP contribution in [0.4, 0.5) is 0 Å². The summed E-state index contributed by atoms with van der Waals surface area (Å²) in [6, 6.07) is 6.71. The Morgan fingerprint density at radius 3 is 2.57 bits per heavy atom. The van der Waals surface area contributed by atoms with Crippen molar-refractivity contribution in [1.29, 1.82) is 0 Å². The SMILES string of the molecule is O=C(C1CCN(S(=O)(=O)c2cccc(Br)c2)C1)N1CCCCC1.